The molecule has 0 bridgehead atoms. The summed E-state index contributed by atoms with van der Waals surface area (Å²) in [7, 11) is 0. The van der Waals surface area contributed by atoms with Crippen LogP contribution in [0.15, 0.2) is 17.1 Å². The van der Waals surface area contributed by atoms with Crippen LogP contribution < -0.4 is 16.6 Å². The largest absolute Gasteiger partial charge is 0.323 e. The Balaban J connectivity index is 2.18. The third kappa shape index (κ3) is 3.89. The van der Waals surface area contributed by atoms with Crippen molar-refractivity contribution in [3.8, 4) is 0 Å². The van der Waals surface area contributed by atoms with Gasteiger partial charge in [0.05, 0.1) is 21.8 Å². The minimum atomic E-state index is 0.295. The van der Waals surface area contributed by atoms with E-state index >= 15 is 0 Å². The van der Waals surface area contributed by atoms with E-state index in [9.17, 15) is 0 Å². The standard InChI is InChI=1S/C12H15Cl3N4/c13-7-5-9(14)11(10(15)6-7)18-12(19-16)17-8-3-1-2-4-8/h5-6,8H,1-4,16H2,(H2,17,18,19). The summed E-state index contributed by atoms with van der Waals surface area (Å²) in [4.78, 5) is 4.51. The van der Waals surface area contributed by atoms with E-state index in [1.165, 1.54) is 12.8 Å². The van der Waals surface area contributed by atoms with Crippen LogP contribution in [0, 0.1) is 0 Å². The first-order valence-electron chi connectivity index (χ1n) is 6.06. The molecule has 4 nitrogen and oxygen atoms in total. The van der Waals surface area contributed by atoms with E-state index in [1.54, 1.807) is 12.1 Å². The van der Waals surface area contributed by atoms with Crippen molar-refractivity contribution < 1.29 is 0 Å². The monoisotopic (exact) mass is 320 g/mol. The molecule has 0 radical (unpaired) electrons. The van der Waals surface area contributed by atoms with Gasteiger partial charge in [0.25, 0.3) is 0 Å². The van der Waals surface area contributed by atoms with E-state index in [4.69, 9.17) is 40.6 Å². The van der Waals surface area contributed by atoms with E-state index < -0.39 is 0 Å². The molecule has 4 N–H and O–H groups in total. The maximum Gasteiger partial charge on any atom is 0.210 e. The van der Waals surface area contributed by atoms with Gasteiger partial charge in [-0.2, -0.15) is 0 Å². The van der Waals surface area contributed by atoms with Crippen molar-refractivity contribution in [3.05, 3.63) is 27.2 Å². The van der Waals surface area contributed by atoms with Gasteiger partial charge in [-0.25, -0.2) is 10.8 Å². The third-order valence-corrected chi connectivity index (χ3v) is 3.84. The number of nitrogens with zero attached hydrogens (tertiary/aromatic N) is 1. The number of nitrogens with two attached hydrogens (primary N) is 1. The number of guanidine groups is 1. The van der Waals surface area contributed by atoms with Gasteiger partial charge in [0, 0.05) is 5.02 Å². The highest BCUT2D eigenvalue weighted by atomic mass is 35.5. The van der Waals surface area contributed by atoms with Gasteiger partial charge in [0.15, 0.2) is 0 Å². The average molecular weight is 322 g/mol. The molecule has 104 valence electrons. The lowest BCUT2D eigenvalue weighted by Gasteiger charge is -2.14. The Bertz CT molecular complexity index is 461. The molecule has 1 aliphatic rings. The van der Waals surface area contributed by atoms with Crippen molar-refractivity contribution in [1.82, 2.24) is 5.43 Å². The molecule has 0 unspecified atom stereocenters. The molecule has 0 spiro atoms. The molecule has 0 saturated heterocycles. The maximum absolute atomic E-state index is 6.10. The van der Waals surface area contributed by atoms with Crippen LogP contribution in [0.3, 0.4) is 0 Å². The van der Waals surface area contributed by atoms with Gasteiger partial charge in [0.2, 0.25) is 5.96 Å². The van der Waals surface area contributed by atoms with Crippen molar-refractivity contribution in [2.75, 3.05) is 5.32 Å². The first kappa shape index (κ1) is 14.7. The molecule has 7 heteroatoms. The van der Waals surface area contributed by atoms with Gasteiger partial charge in [0.1, 0.15) is 0 Å². The van der Waals surface area contributed by atoms with E-state index in [-0.39, 0.29) is 0 Å². The van der Waals surface area contributed by atoms with Crippen molar-refractivity contribution in [2.24, 2.45) is 10.8 Å². The molecular formula is C12H15Cl3N4. The molecule has 0 amide bonds. The zero-order valence-electron chi connectivity index (χ0n) is 10.2. The quantitative estimate of drug-likeness (QED) is 0.336. The van der Waals surface area contributed by atoms with Crippen LogP contribution in [0.5, 0.6) is 0 Å². The Morgan fingerprint density at radius 1 is 1.16 bits per heavy atom. The summed E-state index contributed by atoms with van der Waals surface area (Å²) in [5, 5.41) is 4.34. The number of rotatable bonds is 2. The van der Waals surface area contributed by atoms with Crippen molar-refractivity contribution in [2.45, 2.75) is 31.7 Å². The van der Waals surface area contributed by atoms with Gasteiger partial charge in [-0.1, -0.05) is 47.6 Å². The molecule has 1 aromatic carbocycles. The SMILES string of the molecule is NNC(=NC1CCCC1)Nc1c(Cl)cc(Cl)cc1Cl. The minimum absolute atomic E-state index is 0.295. The van der Waals surface area contributed by atoms with E-state index in [2.05, 4.69) is 15.7 Å². The summed E-state index contributed by atoms with van der Waals surface area (Å²) in [6, 6.07) is 3.52. The van der Waals surface area contributed by atoms with Crippen LogP contribution in [0.25, 0.3) is 0 Å². The number of halogens is 3. The molecular weight excluding hydrogens is 307 g/mol. The van der Waals surface area contributed by atoms with Gasteiger partial charge < -0.3 is 5.32 Å². The molecule has 1 aliphatic carbocycles. The Hall–Kier alpha value is -0.680. The van der Waals surface area contributed by atoms with Crippen molar-refractivity contribution in [3.63, 3.8) is 0 Å². The van der Waals surface area contributed by atoms with Gasteiger partial charge in [-0.05, 0) is 25.0 Å². The summed E-state index contributed by atoms with van der Waals surface area (Å²) < 4.78 is 0. The third-order valence-electron chi connectivity index (χ3n) is 3.02. The van der Waals surface area contributed by atoms with Crippen LogP contribution in [0.4, 0.5) is 5.69 Å². The fourth-order valence-corrected chi connectivity index (χ4v) is 3.01. The second-order valence-corrected chi connectivity index (χ2v) is 5.68. The molecule has 1 saturated carbocycles. The maximum atomic E-state index is 6.10. The lowest BCUT2D eigenvalue weighted by molar-refractivity contribution is 0.700. The second-order valence-electron chi connectivity index (χ2n) is 4.43. The first-order chi connectivity index (χ1) is 9.10. The molecule has 0 atom stereocenters. The number of hydrogen-bond donors (Lipinski definition) is 3. The van der Waals surface area contributed by atoms with Crippen LogP contribution in [-0.4, -0.2) is 12.0 Å². The van der Waals surface area contributed by atoms with Crippen LogP contribution in [0.2, 0.25) is 15.1 Å². The number of aliphatic imine (C=N–C) groups is 1. The molecule has 1 fully saturated rings. The van der Waals surface area contributed by atoms with E-state index in [0.717, 1.165) is 12.8 Å². The van der Waals surface area contributed by atoms with Crippen LogP contribution in [-0.2, 0) is 0 Å². The van der Waals surface area contributed by atoms with Gasteiger partial charge in [-0.3, -0.25) is 5.43 Å². The van der Waals surface area contributed by atoms with Crippen LogP contribution >= 0.6 is 34.8 Å². The summed E-state index contributed by atoms with van der Waals surface area (Å²) in [6.07, 6.45) is 4.56. The molecule has 2 rings (SSSR count). The Morgan fingerprint density at radius 2 is 1.74 bits per heavy atom. The molecule has 0 aromatic heterocycles. The molecule has 1 aromatic rings. The fraction of sp³-hybridized carbons (Fsp3) is 0.417. The zero-order valence-corrected chi connectivity index (χ0v) is 12.5. The normalized spacial score (nSPS) is 16.7. The minimum Gasteiger partial charge on any atom is -0.323 e. The summed E-state index contributed by atoms with van der Waals surface area (Å²) in [5.74, 6) is 5.93. The van der Waals surface area contributed by atoms with Gasteiger partial charge >= 0.3 is 0 Å². The summed E-state index contributed by atoms with van der Waals surface area (Å²) >= 11 is 18.1. The average Bonchev–Trinajstić information content (AvgIpc) is 2.84. The highest BCUT2D eigenvalue weighted by Gasteiger charge is 2.16. The number of nitrogens with one attached hydrogen (secondary N) is 2. The number of anilines is 1. The zero-order chi connectivity index (χ0) is 13.8. The highest BCUT2D eigenvalue weighted by molar-refractivity contribution is 6.42. The van der Waals surface area contributed by atoms with Crippen molar-refractivity contribution in [1.29, 1.82) is 0 Å². The Kier molecular flexibility index (Phi) is 5.16. The molecule has 19 heavy (non-hydrogen) atoms. The Labute approximate surface area is 127 Å². The molecule has 0 heterocycles. The van der Waals surface area contributed by atoms with Gasteiger partial charge in [-0.15, -0.1) is 0 Å². The van der Waals surface area contributed by atoms with Crippen molar-refractivity contribution >= 4 is 46.4 Å². The lowest BCUT2D eigenvalue weighted by atomic mass is 10.3. The second kappa shape index (κ2) is 6.66. The van der Waals surface area contributed by atoms with E-state index in [0.29, 0.717) is 32.8 Å². The highest BCUT2D eigenvalue weighted by Crippen LogP contribution is 2.33. The number of hydrogen-bond acceptors (Lipinski definition) is 2. The smallest absolute Gasteiger partial charge is 0.210 e. The number of benzene rings is 1. The Morgan fingerprint density at radius 3 is 2.26 bits per heavy atom. The number of hydrazine groups is 1. The van der Waals surface area contributed by atoms with E-state index in [1.807, 2.05) is 0 Å². The van der Waals surface area contributed by atoms with Crippen LogP contribution in [0.1, 0.15) is 25.7 Å². The predicted octanol–water partition coefficient (Wildman–Crippen LogP) is 3.82. The predicted molar refractivity (Wildman–Crippen MR) is 82.1 cm³/mol. The fourth-order valence-electron chi connectivity index (χ4n) is 2.10. The topological polar surface area (TPSA) is 62.4 Å². The summed E-state index contributed by atoms with van der Waals surface area (Å²) in [6.45, 7) is 0. The first-order valence-corrected chi connectivity index (χ1v) is 7.19. The summed E-state index contributed by atoms with van der Waals surface area (Å²) in [5.41, 5.74) is 3.08. The molecule has 0 aliphatic heterocycles. The lowest BCUT2D eigenvalue weighted by Crippen LogP contribution is -2.37.